The van der Waals surface area contributed by atoms with Gasteiger partial charge >= 0.3 is 11.9 Å². The maximum atomic E-state index is 12.6. The topological polar surface area (TPSA) is 52.6 Å². The molecule has 0 radical (unpaired) electrons. The van der Waals surface area contributed by atoms with Crippen molar-refractivity contribution in [1.29, 1.82) is 0 Å². The highest BCUT2D eigenvalue weighted by Crippen LogP contribution is 2.58. The Hall–Kier alpha value is -1.58. The number of carbonyl (C=O) groups is 2. The average molecular weight is 377 g/mol. The number of methoxy groups -OCH3 is 1. The first-order valence-electron chi connectivity index (χ1n) is 10.2. The van der Waals surface area contributed by atoms with E-state index in [-0.39, 0.29) is 23.3 Å². The predicted molar refractivity (Wildman–Crippen MR) is 107 cm³/mol. The highest BCUT2D eigenvalue weighted by atomic mass is 16.5. The van der Waals surface area contributed by atoms with Gasteiger partial charge in [-0.2, -0.15) is 0 Å². The monoisotopic (exact) mass is 376 g/mol. The summed E-state index contributed by atoms with van der Waals surface area (Å²) in [6, 6.07) is 0. The molecule has 152 valence electrons. The van der Waals surface area contributed by atoms with E-state index in [1.54, 1.807) is 0 Å². The first-order chi connectivity index (χ1) is 12.6. The summed E-state index contributed by atoms with van der Waals surface area (Å²) in [4.78, 5) is 23.5. The lowest BCUT2D eigenvalue weighted by Crippen LogP contribution is -2.47. The summed E-state index contributed by atoms with van der Waals surface area (Å²) in [5.41, 5.74) is 2.41. The van der Waals surface area contributed by atoms with E-state index in [0.29, 0.717) is 12.5 Å². The van der Waals surface area contributed by atoms with Crippen LogP contribution in [0.3, 0.4) is 0 Å². The van der Waals surface area contributed by atoms with Gasteiger partial charge in [0.05, 0.1) is 12.5 Å². The number of allylic oxidation sites excluding steroid dienone is 3. The van der Waals surface area contributed by atoms with Gasteiger partial charge in [0, 0.05) is 6.92 Å². The molecule has 1 fully saturated rings. The number of rotatable bonds is 6. The van der Waals surface area contributed by atoms with Gasteiger partial charge in [0.25, 0.3) is 0 Å². The quantitative estimate of drug-likeness (QED) is 0.470. The van der Waals surface area contributed by atoms with Crippen LogP contribution in [0.4, 0.5) is 0 Å². The van der Waals surface area contributed by atoms with Crippen LogP contribution in [-0.4, -0.2) is 25.7 Å². The molecule has 2 rings (SSSR count). The van der Waals surface area contributed by atoms with Gasteiger partial charge in [0.2, 0.25) is 0 Å². The van der Waals surface area contributed by atoms with Gasteiger partial charge in [-0.1, -0.05) is 31.1 Å². The molecule has 0 saturated heterocycles. The first kappa shape index (κ1) is 21.7. The Labute approximate surface area is 164 Å². The fourth-order valence-corrected chi connectivity index (χ4v) is 5.04. The maximum absolute atomic E-state index is 12.6. The summed E-state index contributed by atoms with van der Waals surface area (Å²) in [5, 5.41) is 0. The van der Waals surface area contributed by atoms with Crippen molar-refractivity contribution in [3.8, 4) is 0 Å². The number of hydrogen-bond acceptors (Lipinski definition) is 4. The zero-order chi connectivity index (χ0) is 20.2. The van der Waals surface area contributed by atoms with E-state index >= 15 is 0 Å². The lowest BCUT2D eigenvalue weighted by Gasteiger charge is -2.53. The highest BCUT2D eigenvalue weighted by Gasteiger charge is 2.52. The van der Waals surface area contributed by atoms with Gasteiger partial charge in [-0.15, -0.1) is 0 Å². The third-order valence-corrected chi connectivity index (χ3v) is 7.22. The number of hydrogen-bond donors (Lipinski definition) is 0. The van der Waals surface area contributed by atoms with Crippen LogP contribution in [0.2, 0.25) is 0 Å². The predicted octanol–water partition coefficient (Wildman–Crippen LogP) is 5.23. The van der Waals surface area contributed by atoms with Crippen LogP contribution in [0.1, 0.15) is 73.1 Å². The van der Waals surface area contributed by atoms with E-state index in [2.05, 4.69) is 33.8 Å². The standard InChI is InChI=1S/C23H36O4/c1-16(12-15-27-18(3)24)11-14-22(4)17(2)9-10-20-19(22)8-7-13-23(20,5)21(25)26-6/h8,12,17,20H,7,9-11,13-15H2,1-6H3/b16-12+/t17-,20-,22+,23+/m1/s1. The molecule has 0 aliphatic heterocycles. The Morgan fingerprint density at radius 1 is 1.26 bits per heavy atom. The summed E-state index contributed by atoms with van der Waals surface area (Å²) >= 11 is 0. The van der Waals surface area contributed by atoms with Crippen LogP contribution >= 0.6 is 0 Å². The van der Waals surface area contributed by atoms with Gasteiger partial charge in [-0.3, -0.25) is 9.59 Å². The molecule has 2 aliphatic rings. The molecule has 0 N–H and O–H groups in total. The molecule has 4 nitrogen and oxygen atoms in total. The van der Waals surface area contributed by atoms with E-state index in [0.717, 1.165) is 38.5 Å². The van der Waals surface area contributed by atoms with Gasteiger partial charge < -0.3 is 9.47 Å². The molecule has 0 aromatic carbocycles. The van der Waals surface area contributed by atoms with Crippen molar-refractivity contribution in [2.45, 2.75) is 73.1 Å². The summed E-state index contributed by atoms with van der Waals surface area (Å²) in [5.74, 6) is 0.558. The van der Waals surface area contributed by atoms with Gasteiger partial charge in [0.1, 0.15) is 6.61 Å². The molecule has 4 heteroatoms. The molecular formula is C23H36O4. The summed E-state index contributed by atoms with van der Waals surface area (Å²) < 4.78 is 10.2. The minimum Gasteiger partial charge on any atom is -0.469 e. The summed E-state index contributed by atoms with van der Waals surface area (Å²) in [6.07, 6.45) is 10.5. The number of fused-ring (bicyclic) bond motifs is 1. The van der Waals surface area contributed by atoms with E-state index in [1.165, 1.54) is 25.2 Å². The fourth-order valence-electron chi connectivity index (χ4n) is 5.04. The molecule has 0 bridgehead atoms. The minimum absolute atomic E-state index is 0.0625. The molecule has 27 heavy (non-hydrogen) atoms. The maximum Gasteiger partial charge on any atom is 0.312 e. The Bertz CT molecular complexity index is 632. The van der Waals surface area contributed by atoms with E-state index in [9.17, 15) is 9.59 Å². The normalized spacial score (nSPS) is 33.7. The number of esters is 2. The van der Waals surface area contributed by atoms with E-state index in [4.69, 9.17) is 9.47 Å². The molecule has 1 saturated carbocycles. The number of ether oxygens (including phenoxy) is 2. The SMILES string of the molecule is COC(=O)[C@@]1(C)CCC=C2[C@H]1CC[C@@H](C)[C@]2(C)CC/C(C)=C/COC(C)=O. The first-order valence-corrected chi connectivity index (χ1v) is 10.2. The average Bonchev–Trinajstić information content (AvgIpc) is 2.62. The lowest BCUT2D eigenvalue weighted by molar-refractivity contribution is -0.156. The van der Waals surface area contributed by atoms with Crippen LogP contribution in [0.15, 0.2) is 23.3 Å². The highest BCUT2D eigenvalue weighted by molar-refractivity contribution is 5.77. The largest absolute Gasteiger partial charge is 0.469 e. The van der Waals surface area contributed by atoms with Crippen LogP contribution < -0.4 is 0 Å². The molecule has 0 amide bonds. The van der Waals surface area contributed by atoms with Gasteiger partial charge in [0.15, 0.2) is 0 Å². The molecule has 0 heterocycles. The zero-order valence-electron chi connectivity index (χ0n) is 17.9. The lowest BCUT2D eigenvalue weighted by atomic mass is 9.51. The van der Waals surface area contributed by atoms with Crippen LogP contribution in [0, 0.1) is 22.7 Å². The Morgan fingerprint density at radius 2 is 1.96 bits per heavy atom. The van der Waals surface area contributed by atoms with Crippen molar-refractivity contribution in [2.24, 2.45) is 22.7 Å². The van der Waals surface area contributed by atoms with E-state index in [1.807, 2.05) is 6.08 Å². The van der Waals surface area contributed by atoms with E-state index < -0.39 is 5.41 Å². The molecule has 0 spiro atoms. The molecule has 4 atom stereocenters. The van der Waals surface area contributed by atoms with Crippen molar-refractivity contribution in [1.82, 2.24) is 0 Å². The van der Waals surface area contributed by atoms with Crippen LogP contribution in [0.5, 0.6) is 0 Å². The second-order valence-corrected chi connectivity index (χ2v) is 8.91. The van der Waals surface area contributed by atoms with Crippen molar-refractivity contribution in [3.05, 3.63) is 23.3 Å². The smallest absolute Gasteiger partial charge is 0.312 e. The summed E-state index contributed by atoms with van der Waals surface area (Å²) in [6.45, 7) is 10.7. The van der Waals surface area contributed by atoms with Crippen molar-refractivity contribution < 1.29 is 19.1 Å². The molecular weight excluding hydrogens is 340 g/mol. The molecule has 0 aromatic heterocycles. The second-order valence-electron chi connectivity index (χ2n) is 8.91. The third kappa shape index (κ3) is 4.47. The van der Waals surface area contributed by atoms with Crippen LogP contribution in [0.25, 0.3) is 0 Å². The molecule has 0 aromatic rings. The molecule has 2 aliphatic carbocycles. The van der Waals surface area contributed by atoms with Crippen LogP contribution in [-0.2, 0) is 19.1 Å². The van der Waals surface area contributed by atoms with Crippen molar-refractivity contribution in [3.63, 3.8) is 0 Å². The van der Waals surface area contributed by atoms with Crippen molar-refractivity contribution in [2.75, 3.05) is 13.7 Å². The Morgan fingerprint density at radius 3 is 2.59 bits per heavy atom. The second kappa shape index (κ2) is 8.62. The summed E-state index contributed by atoms with van der Waals surface area (Å²) in [7, 11) is 1.51. The van der Waals surface area contributed by atoms with Gasteiger partial charge in [-0.25, -0.2) is 0 Å². The number of carbonyl (C=O) groups excluding carboxylic acids is 2. The van der Waals surface area contributed by atoms with Crippen molar-refractivity contribution >= 4 is 11.9 Å². The zero-order valence-corrected chi connectivity index (χ0v) is 17.9. The van der Waals surface area contributed by atoms with Gasteiger partial charge in [-0.05, 0) is 75.7 Å². The Kier molecular flexibility index (Phi) is 6.93. The fraction of sp³-hybridized carbons (Fsp3) is 0.739. The third-order valence-electron chi connectivity index (χ3n) is 7.22. The molecule has 0 unspecified atom stereocenters. The Balaban J connectivity index is 2.18. The minimum atomic E-state index is -0.402.